The van der Waals surface area contributed by atoms with Gasteiger partial charge in [0.05, 0.1) is 13.2 Å². The molecule has 0 aliphatic carbocycles. The zero-order chi connectivity index (χ0) is 20.6. The topological polar surface area (TPSA) is 54.5 Å². The number of nitrogens with zero attached hydrogens (tertiary/aromatic N) is 2. The highest BCUT2D eigenvalue weighted by atomic mass is 32.2. The fraction of sp³-hybridized carbons (Fsp3) is 0.250. The molecule has 0 spiro atoms. The minimum Gasteiger partial charge on any atom is -0.378 e. The van der Waals surface area contributed by atoms with Gasteiger partial charge in [-0.15, -0.1) is 11.8 Å². The maximum absolute atomic E-state index is 13.2. The fourth-order valence-electron chi connectivity index (χ4n) is 3.44. The van der Waals surface area contributed by atoms with Gasteiger partial charge in [-0.2, -0.15) is 0 Å². The maximum atomic E-state index is 13.2. The van der Waals surface area contributed by atoms with E-state index in [9.17, 15) is 4.79 Å². The van der Waals surface area contributed by atoms with Gasteiger partial charge in [0, 0.05) is 36.3 Å². The summed E-state index contributed by atoms with van der Waals surface area (Å²) in [7, 11) is 0. The molecule has 1 saturated heterocycles. The zero-order valence-corrected chi connectivity index (χ0v) is 17.6. The molecule has 1 atom stereocenters. The number of amides is 1. The molecule has 0 bridgehead atoms. The third-order valence-corrected chi connectivity index (χ3v) is 6.24. The fourth-order valence-corrected chi connectivity index (χ4v) is 4.51. The molecule has 30 heavy (non-hydrogen) atoms. The molecule has 1 fully saturated rings. The summed E-state index contributed by atoms with van der Waals surface area (Å²) in [5.74, 6) is 0.917. The molecule has 1 aliphatic rings. The van der Waals surface area contributed by atoms with Crippen LogP contribution in [0.5, 0.6) is 0 Å². The Morgan fingerprint density at radius 3 is 2.43 bits per heavy atom. The van der Waals surface area contributed by atoms with Crippen LogP contribution in [0.4, 0.5) is 5.82 Å². The lowest BCUT2D eigenvalue weighted by Crippen LogP contribution is -2.38. The van der Waals surface area contributed by atoms with Crippen molar-refractivity contribution >= 4 is 23.5 Å². The average Bonchev–Trinajstić information content (AvgIpc) is 2.83. The minimum atomic E-state index is -0.322. The molecule has 1 unspecified atom stereocenters. The summed E-state index contributed by atoms with van der Waals surface area (Å²) in [5, 5.41) is 2.82. The standard InChI is InChI=1S/C24H25N3O2S/c28-24(22(19-8-3-1-4-9-19)30-21-11-5-2-6-12-21)26-18-20-10-7-13-25-23(20)27-14-16-29-17-15-27/h1-13,22H,14-18H2,(H,26,28). The SMILES string of the molecule is O=C(NCc1cccnc1N1CCOCC1)C(Sc1ccccc1)c1ccccc1. The zero-order valence-electron chi connectivity index (χ0n) is 16.7. The van der Waals surface area contributed by atoms with Crippen LogP contribution in [0.2, 0.25) is 0 Å². The minimum absolute atomic E-state index is 0.00756. The molecule has 154 valence electrons. The normalized spacial score (nSPS) is 14.9. The summed E-state index contributed by atoms with van der Waals surface area (Å²) in [6.07, 6.45) is 1.80. The number of ether oxygens (including phenoxy) is 1. The number of benzene rings is 2. The van der Waals surface area contributed by atoms with Gasteiger partial charge in [0.25, 0.3) is 0 Å². The number of thioether (sulfide) groups is 1. The lowest BCUT2D eigenvalue weighted by molar-refractivity contribution is -0.120. The summed E-state index contributed by atoms with van der Waals surface area (Å²) >= 11 is 1.56. The molecule has 4 rings (SSSR count). The first-order valence-electron chi connectivity index (χ1n) is 10.1. The quantitative estimate of drug-likeness (QED) is 0.585. The number of hydrogen-bond acceptors (Lipinski definition) is 5. The highest BCUT2D eigenvalue weighted by Gasteiger charge is 2.23. The molecule has 3 aromatic rings. The molecule has 6 heteroatoms. The average molecular weight is 420 g/mol. The van der Waals surface area contributed by atoms with E-state index in [0.29, 0.717) is 19.8 Å². The Labute approximate surface area is 181 Å². The Balaban J connectivity index is 1.49. The third kappa shape index (κ3) is 5.20. The van der Waals surface area contributed by atoms with Crippen molar-refractivity contribution in [1.29, 1.82) is 0 Å². The highest BCUT2D eigenvalue weighted by molar-refractivity contribution is 8.00. The summed E-state index contributed by atoms with van der Waals surface area (Å²) in [6.45, 7) is 3.47. The van der Waals surface area contributed by atoms with Gasteiger partial charge in [0.2, 0.25) is 5.91 Å². The lowest BCUT2D eigenvalue weighted by Gasteiger charge is -2.29. The van der Waals surface area contributed by atoms with E-state index < -0.39 is 0 Å². The van der Waals surface area contributed by atoms with Crippen molar-refractivity contribution in [1.82, 2.24) is 10.3 Å². The molecule has 1 N–H and O–H groups in total. The Morgan fingerprint density at radius 2 is 1.70 bits per heavy atom. The molecule has 1 amide bonds. The van der Waals surface area contributed by atoms with Crippen molar-refractivity contribution in [2.45, 2.75) is 16.7 Å². The molecule has 2 heterocycles. The van der Waals surface area contributed by atoms with Gasteiger partial charge in [0.1, 0.15) is 11.1 Å². The van der Waals surface area contributed by atoms with Crippen LogP contribution in [-0.4, -0.2) is 37.2 Å². The summed E-state index contributed by atoms with van der Waals surface area (Å²) in [6, 6.07) is 23.9. The monoisotopic (exact) mass is 419 g/mol. The van der Waals surface area contributed by atoms with E-state index in [-0.39, 0.29) is 11.2 Å². The Kier molecular flexibility index (Phi) is 7.00. The Hall–Kier alpha value is -2.83. The van der Waals surface area contributed by atoms with E-state index in [1.54, 1.807) is 18.0 Å². The molecule has 1 aromatic heterocycles. The van der Waals surface area contributed by atoms with Crippen molar-refractivity contribution in [3.05, 3.63) is 90.1 Å². The second-order valence-corrected chi connectivity index (χ2v) is 8.20. The summed E-state index contributed by atoms with van der Waals surface area (Å²) in [5.41, 5.74) is 2.01. The number of nitrogens with one attached hydrogen (secondary N) is 1. The third-order valence-electron chi connectivity index (χ3n) is 4.97. The van der Waals surface area contributed by atoms with Gasteiger partial charge in [-0.3, -0.25) is 4.79 Å². The Morgan fingerprint density at radius 1 is 1.00 bits per heavy atom. The largest absolute Gasteiger partial charge is 0.378 e. The van der Waals surface area contributed by atoms with E-state index in [4.69, 9.17) is 4.74 Å². The van der Waals surface area contributed by atoms with Crippen LogP contribution in [0.15, 0.2) is 83.9 Å². The van der Waals surface area contributed by atoms with Crippen molar-refractivity contribution in [2.24, 2.45) is 0 Å². The number of hydrogen-bond donors (Lipinski definition) is 1. The van der Waals surface area contributed by atoms with Crippen LogP contribution in [0.25, 0.3) is 0 Å². The van der Waals surface area contributed by atoms with Crippen LogP contribution in [0.3, 0.4) is 0 Å². The van der Waals surface area contributed by atoms with Crippen LogP contribution in [-0.2, 0) is 16.1 Å². The number of carbonyl (C=O) groups is 1. The van der Waals surface area contributed by atoms with Gasteiger partial charge >= 0.3 is 0 Å². The van der Waals surface area contributed by atoms with Gasteiger partial charge < -0.3 is 15.0 Å². The van der Waals surface area contributed by atoms with Crippen LogP contribution < -0.4 is 10.2 Å². The summed E-state index contributed by atoms with van der Waals surface area (Å²) < 4.78 is 5.45. The maximum Gasteiger partial charge on any atom is 0.238 e. The van der Waals surface area contributed by atoms with Crippen LogP contribution >= 0.6 is 11.8 Å². The number of morpholine rings is 1. The van der Waals surface area contributed by atoms with Crippen molar-refractivity contribution in [3.63, 3.8) is 0 Å². The van der Waals surface area contributed by atoms with Crippen molar-refractivity contribution in [3.8, 4) is 0 Å². The predicted molar refractivity (Wildman–Crippen MR) is 121 cm³/mol. The molecule has 0 radical (unpaired) electrons. The summed E-state index contributed by atoms with van der Waals surface area (Å²) in [4.78, 5) is 21.1. The van der Waals surface area contributed by atoms with Crippen LogP contribution in [0.1, 0.15) is 16.4 Å². The lowest BCUT2D eigenvalue weighted by atomic mass is 10.1. The Bertz CT molecular complexity index is 947. The smallest absolute Gasteiger partial charge is 0.238 e. The highest BCUT2D eigenvalue weighted by Crippen LogP contribution is 2.35. The van der Waals surface area contributed by atoms with E-state index in [0.717, 1.165) is 34.9 Å². The first kappa shape index (κ1) is 20.4. The molecule has 0 saturated carbocycles. The molecular formula is C24H25N3O2S. The van der Waals surface area contributed by atoms with Crippen molar-refractivity contribution < 1.29 is 9.53 Å². The second kappa shape index (κ2) is 10.3. The molecular weight excluding hydrogens is 394 g/mol. The van der Waals surface area contributed by atoms with E-state index in [1.807, 2.05) is 72.8 Å². The number of aromatic nitrogens is 1. The first-order valence-corrected chi connectivity index (χ1v) is 11.0. The van der Waals surface area contributed by atoms with Gasteiger partial charge in [-0.05, 0) is 23.8 Å². The number of anilines is 1. The van der Waals surface area contributed by atoms with Gasteiger partial charge in [0.15, 0.2) is 0 Å². The molecule has 2 aromatic carbocycles. The molecule has 1 aliphatic heterocycles. The second-order valence-electron chi connectivity index (χ2n) is 7.02. The number of carbonyl (C=O) groups excluding carboxylic acids is 1. The van der Waals surface area contributed by atoms with Gasteiger partial charge in [-0.1, -0.05) is 54.6 Å². The predicted octanol–water partition coefficient (Wildman–Crippen LogP) is 4.07. The van der Waals surface area contributed by atoms with E-state index in [2.05, 4.69) is 15.2 Å². The number of rotatable bonds is 7. The molecule has 5 nitrogen and oxygen atoms in total. The van der Waals surface area contributed by atoms with Crippen molar-refractivity contribution in [2.75, 3.05) is 31.2 Å². The van der Waals surface area contributed by atoms with Gasteiger partial charge in [-0.25, -0.2) is 4.98 Å². The number of pyridine rings is 1. The van der Waals surface area contributed by atoms with E-state index in [1.165, 1.54) is 0 Å². The van der Waals surface area contributed by atoms with Crippen LogP contribution in [0, 0.1) is 0 Å². The first-order chi connectivity index (χ1) is 14.8. The van der Waals surface area contributed by atoms with E-state index >= 15 is 0 Å².